The number of nitrogens with zero attached hydrogens (tertiary/aromatic N) is 1. The number of furan rings is 1. The molecule has 1 atom stereocenters. The van der Waals surface area contributed by atoms with Crippen LogP contribution in [0.5, 0.6) is 11.5 Å². The molecule has 1 aliphatic heterocycles. The van der Waals surface area contributed by atoms with Gasteiger partial charge in [-0.2, -0.15) is 0 Å². The van der Waals surface area contributed by atoms with Crippen molar-refractivity contribution in [1.82, 2.24) is 0 Å². The molecule has 1 aliphatic rings. The van der Waals surface area contributed by atoms with Gasteiger partial charge in [-0.1, -0.05) is 11.6 Å². The number of benzene rings is 2. The number of carbonyl (C=O) groups is 2. The molecule has 2 heterocycles. The maximum atomic E-state index is 13.2. The van der Waals surface area contributed by atoms with E-state index in [1.807, 2.05) is 20.8 Å². The number of hydrogen-bond acceptors (Lipinski definition) is 6. The second-order valence-electron chi connectivity index (χ2n) is 7.92. The molecule has 8 heteroatoms. The number of rotatable bonds is 7. The normalized spacial score (nSPS) is 17.4. The first kappa shape index (κ1) is 23.4. The van der Waals surface area contributed by atoms with E-state index in [1.165, 1.54) is 17.2 Å². The first-order chi connectivity index (χ1) is 16.3. The predicted octanol–water partition coefficient (Wildman–Crippen LogP) is 5.75. The van der Waals surface area contributed by atoms with Gasteiger partial charge in [0.15, 0.2) is 0 Å². The lowest BCUT2D eigenvalue weighted by molar-refractivity contribution is -0.132. The Hall–Kier alpha value is -3.71. The fourth-order valence-corrected chi connectivity index (χ4v) is 4.02. The van der Waals surface area contributed by atoms with Crippen LogP contribution < -0.4 is 14.4 Å². The zero-order valence-electron chi connectivity index (χ0n) is 18.9. The van der Waals surface area contributed by atoms with Gasteiger partial charge < -0.3 is 19.0 Å². The van der Waals surface area contributed by atoms with Crippen molar-refractivity contribution in [2.45, 2.75) is 32.9 Å². The fourth-order valence-electron chi connectivity index (χ4n) is 3.84. The summed E-state index contributed by atoms with van der Waals surface area (Å²) in [5, 5.41) is 11.6. The fraction of sp³-hybridized carbons (Fsp3) is 0.231. The van der Waals surface area contributed by atoms with E-state index < -0.39 is 17.7 Å². The molecule has 0 bridgehead atoms. The maximum absolute atomic E-state index is 13.2. The average Bonchev–Trinajstić information content (AvgIpc) is 3.42. The minimum absolute atomic E-state index is 0.0100. The van der Waals surface area contributed by atoms with Crippen LogP contribution in [-0.2, 0) is 9.59 Å². The molecule has 0 saturated carbocycles. The summed E-state index contributed by atoms with van der Waals surface area (Å²) in [6.07, 6.45) is 1.44. The molecule has 1 N–H and O–H groups in total. The number of aliphatic hydroxyl groups is 1. The van der Waals surface area contributed by atoms with Gasteiger partial charge in [0, 0.05) is 11.3 Å². The Morgan fingerprint density at radius 2 is 1.88 bits per heavy atom. The Morgan fingerprint density at radius 3 is 2.50 bits per heavy atom. The lowest BCUT2D eigenvalue weighted by atomic mass is 9.99. The first-order valence-corrected chi connectivity index (χ1v) is 11.2. The summed E-state index contributed by atoms with van der Waals surface area (Å²) in [7, 11) is 0. The summed E-state index contributed by atoms with van der Waals surface area (Å²) in [5.41, 5.74) is 0.667. The van der Waals surface area contributed by atoms with Crippen molar-refractivity contribution in [3.05, 3.63) is 82.8 Å². The van der Waals surface area contributed by atoms with Crippen molar-refractivity contribution in [2.75, 3.05) is 11.5 Å². The lowest BCUT2D eigenvalue weighted by Gasteiger charge is -2.23. The van der Waals surface area contributed by atoms with Crippen LogP contribution in [0.3, 0.4) is 0 Å². The van der Waals surface area contributed by atoms with E-state index in [2.05, 4.69) is 0 Å². The van der Waals surface area contributed by atoms with Gasteiger partial charge in [-0.25, -0.2) is 0 Å². The molecule has 1 amide bonds. The van der Waals surface area contributed by atoms with Gasteiger partial charge in [0.25, 0.3) is 11.7 Å². The van der Waals surface area contributed by atoms with Crippen LogP contribution in [0, 0.1) is 0 Å². The van der Waals surface area contributed by atoms with Gasteiger partial charge in [0.1, 0.15) is 29.1 Å². The van der Waals surface area contributed by atoms with E-state index in [1.54, 1.807) is 48.5 Å². The molecular weight excluding hydrogens is 458 g/mol. The van der Waals surface area contributed by atoms with Gasteiger partial charge in [-0.3, -0.25) is 14.5 Å². The summed E-state index contributed by atoms with van der Waals surface area (Å²) < 4.78 is 16.8. The lowest BCUT2D eigenvalue weighted by Crippen LogP contribution is -2.29. The Bertz CT molecular complexity index is 1230. The second kappa shape index (κ2) is 9.65. The Kier molecular flexibility index (Phi) is 6.65. The van der Waals surface area contributed by atoms with Crippen LogP contribution in [-0.4, -0.2) is 29.5 Å². The van der Waals surface area contributed by atoms with E-state index in [4.69, 9.17) is 25.5 Å². The van der Waals surface area contributed by atoms with E-state index in [0.29, 0.717) is 40.1 Å². The summed E-state index contributed by atoms with van der Waals surface area (Å²) in [4.78, 5) is 27.6. The highest BCUT2D eigenvalue weighted by atomic mass is 35.5. The first-order valence-electron chi connectivity index (χ1n) is 10.9. The molecule has 4 rings (SSSR count). The topological polar surface area (TPSA) is 89.2 Å². The van der Waals surface area contributed by atoms with Crippen LogP contribution >= 0.6 is 11.6 Å². The molecule has 1 aromatic heterocycles. The zero-order valence-corrected chi connectivity index (χ0v) is 19.7. The molecule has 1 saturated heterocycles. The summed E-state index contributed by atoms with van der Waals surface area (Å²) >= 11 is 6.17. The van der Waals surface area contributed by atoms with Crippen molar-refractivity contribution < 1.29 is 28.6 Å². The molecule has 3 aromatic rings. The minimum atomic E-state index is -0.960. The number of hydrogen-bond donors (Lipinski definition) is 1. The number of anilines is 1. The van der Waals surface area contributed by atoms with Crippen molar-refractivity contribution in [2.24, 2.45) is 0 Å². The van der Waals surface area contributed by atoms with Crippen molar-refractivity contribution in [3.63, 3.8) is 0 Å². The van der Waals surface area contributed by atoms with E-state index in [-0.39, 0.29) is 17.4 Å². The molecule has 0 radical (unpaired) electrons. The number of carbonyl (C=O) groups excluding carboxylic acids is 2. The second-order valence-corrected chi connectivity index (χ2v) is 8.33. The number of halogens is 1. The van der Waals surface area contributed by atoms with E-state index in [9.17, 15) is 14.7 Å². The van der Waals surface area contributed by atoms with Crippen molar-refractivity contribution >= 4 is 34.7 Å². The molecule has 0 spiro atoms. The zero-order chi connectivity index (χ0) is 24.4. The molecular formula is C26H24ClNO6. The number of Topliss-reactive ketones (excluding diaryl/α,β-unsaturated/α-hetero) is 1. The van der Waals surface area contributed by atoms with Crippen LogP contribution in [0.4, 0.5) is 5.69 Å². The van der Waals surface area contributed by atoms with Crippen LogP contribution in [0.2, 0.25) is 5.02 Å². The quantitative estimate of drug-likeness (QED) is 0.263. The standard InChI is InChI=1S/C26H24ClNO6/c1-4-32-21-14-16(7-12-19(21)27)24(29)22-23(20-6-5-13-33-20)28(26(31)25(22)30)17-8-10-18(11-9-17)34-15(2)3/h5-15,23,29H,4H2,1-3H3/b24-22-. The van der Waals surface area contributed by atoms with E-state index in [0.717, 1.165) is 0 Å². The SMILES string of the molecule is CCOc1cc(/C(O)=C2/C(=O)C(=O)N(c3ccc(OC(C)C)cc3)C2c2ccco2)ccc1Cl. The molecule has 176 valence electrons. The third kappa shape index (κ3) is 4.39. The Balaban J connectivity index is 1.83. The molecule has 1 fully saturated rings. The highest BCUT2D eigenvalue weighted by Crippen LogP contribution is 2.43. The smallest absolute Gasteiger partial charge is 0.300 e. The summed E-state index contributed by atoms with van der Waals surface area (Å²) in [6.45, 7) is 6.01. The van der Waals surface area contributed by atoms with Gasteiger partial charge in [0.05, 0.1) is 29.6 Å². The van der Waals surface area contributed by atoms with Gasteiger partial charge in [-0.15, -0.1) is 0 Å². The van der Waals surface area contributed by atoms with Crippen LogP contribution in [0.1, 0.15) is 38.1 Å². The number of ketones is 1. The highest BCUT2D eigenvalue weighted by molar-refractivity contribution is 6.51. The minimum Gasteiger partial charge on any atom is -0.507 e. The summed E-state index contributed by atoms with van der Waals surface area (Å²) in [6, 6.07) is 13.8. The van der Waals surface area contributed by atoms with Crippen LogP contribution in [0.25, 0.3) is 5.76 Å². The third-order valence-electron chi connectivity index (χ3n) is 5.25. The molecule has 7 nitrogen and oxygen atoms in total. The third-order valence-corrected chi connectivity index (χ3v) is 5.56. The molecule has 1 unspecified atom stereocenters. The van der Waals surface area contributed by atoms with Crippen LogP contribution in [0.15, 0.2) is 70.9 Å². The largest absolute Gasteiger partial charge is 0.507 e. The molecule has 34 heavy (non-hydrogen) atoms. The van der Waals surface area contributed by atoms with Gasteiger partial charge in [-0.05, 0) is 75.4 Å². The number of aliphatic hydroxyl groups excluding tert-OH is 1. The monoisotopic (exact) mass is 481 g/mol. The average molecular weight is 482 g/mol. The Morgan fingerprint density at radius 1 is 1.15 bits per heavy atom. The van der Waals surface area contributed by atoms with Crippen molar-refractivity contribution in [3.8, 4) is 11.5 Å². The number of ether oxygens (including phenoxy) is 2. The van der Waals surface area contributed by atoms with Crippen molar-refractivity contribution in [1.29, 1.82) is 0 Å². The highest BCUT2D eigenvalue weighted by Gasteiger charge is 2.48. The number of amides is 1. The van der Waals surface area contributed by atoms with E-state index >= 15 is 0 Å². The maximum Gasteiger partial charge on any atom is 0.300 e. The Labute approximate surface area is 202 Å². The van der Waals surface area contributed by atoms with Gasteiger partial charge in [0.2, 0.25) is 0 Å². The molecule has 0 aliphatic carbocycles. The molecule has 2 aromatic carbocycles. The summed E-state index contributed by atoms with van der Waals surface area (Å²) in [5.74, 6) is -0.622. The van der Waals surface area contributed by atoms with Gasteiger partial charge >= 0.3 is 0 Å². The predicted molar refractivity (Wildman–Crippen MR) is 128 cm³/mol.